The highest BCUT2D eigenvalue weighted by Crippen LogP contribution is 2.10. The van der Waals surface area contributed by atoms with Crippen LogP contribution in [-0.2, 0) is 14.3 Å². The smallest absolute Gasteiger partial charge is 0.307 e. The highest BCUT2D eigenvalue weighted by molar-refractivity contribution is 5.70. The van der Waals surface area contributed by atoms with E-state index in [1.165, 1.54) is 0 Å². The third-order valence-corrected chi connectivity index (χ3v) is 2.61. The van der Waals surface area contributed by atoms with Crippen molar-refractivity contribution in [2.45, 2.75) is 26.3 Å². The molecule has 0 aromatic carbocycles. The van der Waals surface area contributed by atoms with Gasteiger partial charge in [-0.25, -0.2) is 0 Å². The summed E-state index contributed by atoms with van der Waals surface area (Å²) in [4.78, 5) is 13.7. The van der Waals surface area contributed by atoms with E-state index in [1.807, 2.05) is 19.9 Å². The lowest BCUT2D eigenvalue weighted by Crippen LogP contribution is -2.43. The van der Waals surface area contributed by atoms with Gasteiger partial charge < -0.3 is 9.47 Å². The van der Waals surface area contributed by atoms with E-state index in [1.54, 1.807) is 0 Å². The summed E-state index contributed by atoms with van der Waals surface area (Å²) < 4.78 is 10.3. The summed E-state index contributed by atoms with van der Waals surface area (Å²) in [5.74, 6) is -0.128. The molecule has 1 unspecified atom stereocenters. The van der Waals surface area contributed by atoms with Crippen molar-refractivity contribution in [3.8, 4) is 0 Å². The van der Waals surface area contributed by atoms with Crippen molar-refractivity contribution in [1.29, 1.82) is 0 Å². The number of morpholine rings is 1. The van der Waals surface area contributed by atoms with Gasteiger partial charge in [0.15, 0.2) is 0 Å². The van der Waals surface area contributed by atoms with Crippen LogP contribution in [0.15, 0.2) is 12.2 Å². The highest BCUT2D eigenvalue weighted by Gasteiger charge is 2.21. The number of hydrogen-bond donors (Lipinski definition) is 0. The van der Waals surface area contributed by atoms with Crippen LogP contribution >= 0.6 is 0 Å². The van der Waals surface area contributed by atoms with Crippen LogP contribution in [0.25, 0.3) is 0 Å². The van der Waals surface area contributed by atoms with Crippen LogP contribution in [0.5, 0.6) is 0 Å². The molecule has 0 saturated carbocycles. The van der Waals surface area contributed by atoms with Gasteiger partial charge in [-0.05, 0) is 13.8 Å². The van der Waals surface area contributed by atoms with E-state index < -0.39 is 0 Å². The van der Waals surface area contributed by atoms with Gasteiger partial charge in [-0.2, -0.15) is 0 Å². The van der Waals surface area contributed by atoms with Crippen LogP contribution in [0.4, 0.5) is 0 Å². The quantitative estimate of drug-likeness (QED) is 0.523. The maximum absolute atomic E-state index is 11.5. The minimum Gasteiger partial charge on any atom is -0.466 e. The Morgan fingerprint density at radius 1 is 1.50 bits per heavy atom. The summed E-state index contributed by atoms with van der Waals surface area (Å²) in [6, 6.07) is 0.146. The molecule has 4 heteroatoms. The van der Waals surface area contributed by atoms with Gasteiger partial charge in [-0.3, -0.25) is 9.69 Å². The molecule has 92 valence electrons. The maximum atomic E-state index is 11.5. The summed E-state index contributed by atoms with van der Waals surface area (Å²) in [5, 5.41) is 0. The molecule has 0 amide bonds. The fourth-order valence-corrected chi connectivity index (χ4v) is 1.84. The molecule has 0 N–H and O–H groups in total. The van der Waals surface area contributed by atoms with Crippen molar-refractivity contribution in [2.75, 3.05) is 32.9 Å². The molecule has 1 atom stereocenters. The van der Waals surface area contributed by atoms with E-state index in [9.17, 15) is 4.79 Å². The molecule has 1 rings (SSSR count). The molecule has 16 heavy (non-hydrogen) atoms. The number of allylic oxidation sites excluding steroid dienone is 1. The van der Waals surface area contributed by atoms with Gasteiger partial charge in [0, 0.05) is 19.1 Å². The average Bonchev–Trinajstić information content (AvgIpc) is 2.30. The van der Waals surface area contributed by atoms with Crippen LogP contribution in [0.2, 0.25) is 0 Å². The Bertz CT molecular complexity index is 234. The first-order chi connectivity index (χ1) is 7.77. The van der Waals surface area contributed by atoms with Gasteiger partial charge >= 0.3 is 5.97 Å². The first-order valence-corrected chi connectivity index (χ1v) is 5.88. The number of ether oxygens (including phenoxy) is 2. The van der Waals surface area contributed by atoms with Crippen molar-refractivity contribution < 1.29 is 14.3 Å². The normalized spacial score (nSPS) is 19.9. The van der Waals surface area contributed by atoms with Crippen LogP contribution in [0.1, 0.15) is 20.3 Å². The number of nitrogens with zero attached hydrogens (tertiary/aromatic N) is 1. The second-order valence-electron chi connectivity index (χ2n) is 3.75. The molecule has 0 bridgehead atoms. The Morgan fingerprint density at radius 3 is 2.75 bits per heavy atom. The summed E-state index contributed by atoms with van der Waals surface area (Å²) in [6.45, 7) is 7.51. The second-order valence-corrected chi connectivity index (χ2v) is 3.75. The third-order valence-electron chi connectivity index (χ3n) is 2.61. The van der Waals surface area contributed by atoms with E-state index in [-0.39, 0.29) is 12.0 Å². The van der Waals surface area contributed by atoms with Crippen molar-refractivity contribution >= 4 is 5.97 Å². The highest BCUT2D eigenvalue weighted by atomic mass is 16.5. The fourth-order valence-electron chi connectivity index (χ4n) is 1.84. The Morgan fingerprint density at radius 2 is 2.19 bits per heavy atom. The average molecular weight is 227 g/mol. The van der Waals surface area contributed by atoms with Crippen molar-refractivity contribution in [3.05, 3.63) is 12.2 Å². The van der Waals surface area contributed by atoms with Gasteiger partial charge in [-0.1, -0.05) is 12.2 Å². The SMILES string of the molecule is C/C=C/C(CC(=O)OCC)N1CCOCC1. The zero-order valence-electron chi connectivity index (χ0n) is 10.1. The number of carbonyl (C=O) groups excluding carboxylic acids is 1. The lowest BCUT2D eigenvalue weighted by atomic mass is 10.1. The van der Waals surface area contributed by atoms with Crippen molar-refractivity contribution in [2.24, 2.45) is 0 Å². The van der Waals surface area contributed by atoms with Gasteiger partial charge in [-0.15, -0.1) is 0 Å². The Kier molecular flexibility index (Phi) is 6.11. The summed E-state index contributed by atoms with van der Waals surface area (Å²) >= 11 is 0. The van der Waals surface area contributed by atoms with E-state index in [0.29, 0.717) is 13.0 Å². The molecule has 1 aliphatic rings. The standard InChI is InChI=1S/C12H21NO3/c1-3-5-11(10-12(14)16-4-2)13-6-8-15-9-7-13/h3,5,11H,4,6-10H2,1-2H3/b5-3+. The Balaban J connectivity index is 2.48. The fraction of sp³-hybridized carbons (Fsp3) is 0.750. The van der Waals surface area contributed by atoms with E-state index in [0.717, 1.165) is 26.3 Å². The number of carbonyl (C=O) groups is 1. The second kappa shape index (κ2) is 7.41. The third kappa shape index (κ3) is 4.33. The predicted octanol–water partition coefficient (Wildman–Crippen LogP) is 1.22. The van der Waals surface area contributed by atoms with Crippen LogP contribution < -0.4 is 0 Å². The minimum absolute atomic E-state index is 0.128. The number of rotatable bonds is 5. The maximum Gasteiger partial charge on any atom is 0.307 e. The first kappa shape index (κ1) is 13.2. The van der Waals surface area contributed by atoms with Gasteiger partial charge in [0.2, 0.25) is 0 Å². The molecule has 1 heterocycles. The summed E-state index contributed by atoms with van der Waals surface area (Å²) in [7, 11) is 0. The topological polar surface area (TPSA) is 38.8 Å². The van der Waals surface area contributed by atoms with Gasteiger partial charge in [0.25, 0.3) is 0 Å². The molecule has 0 spiro atoms. The number of hydrogen-bond acceptors (Lipinski definition) is 4. The number of esters is 1. The molecule has 0 aromatic rings. The summed E-state index contributed by atoms with van der Waals surface area (Å²) in [6.07, 6.45) is 4.47. The van der Waals surface area contributed by atoms with E-state index >= 15 is 0 Å². The molecular weight excluding hydrogens is 206 g/mol. The molecule has 4 nitrogen and oxygen atoms in total. The van der Waals surface area contributed by atoms with Crippen molar-refractivity contribution in [1.82, 2.24) is 4.90 Å². The van der Waals surface area contributed by atoms with Crippen LogP contribution in [0, 0.1) is 0 Å². The zero-order chi connectivity index (χ0) is 11.8. The molecule has 0 aromatic heterocycles. The van der Waals surface area contributed by atoms with Gasteiger partial charge in [0.05, 0.1) is 26.2 Å². The lowest BCUT2D eigenvalue weighted by molar-refractivity contribution is -0.144. The predicted molar refractivity (Wildman–Crippen MR) is 62.2 cm³/mol. The molecule has 1 saturated heterocycles. The van der Waals surface area contributed by atoms with Crippen LogP contribution in [0.3, 0.4) is 0 Å². The largest absolute Gasteiger partial charge is 0.466 e. The first-order valence-electron chi connectivity index (χ1n) is 5.88. The Labute approximate surface area is 97.2 Å². The van der Waals surface area contributed by atoms with E-state index in [4.69, 9.17) is 9.47 Å². The molecule has 1 fully saturated rings. The lowest BCUT2D eigenvalue weighted by Gasteiger charge is -2.32. The van der Waals surface area contributed by atoms with Crippen molar-refractivity contribution in [3.63, 3.8) is 0 Å². The summed E-state index contributed by atoms with van der Waals surface area (Å²) in [5.41, 5.74) is 0. The molecule has 1 aliphatic heterocycles. The molecular formula is C12H21NO3. The zero-order valence-corrected chi connectivity index (χ0v) is 10.1. The van der Waals surface area contributed by atoms with Gasteiger partial charge in [0.1, 0.15) is 0 Å². The Hall–Kier alpha value is -0.870. The molecule has 0 aliphatic carbocycles. The molecule has 0 radical (unpaired) electrons. The van der Waals surface area contributed by atoms with Crippen LogP contribution in [-0.4, -0.2) is 49.8 Å². The monoisotopic (exact) mass is 227 g/mol. The minimum atomic E-state index is -0.128. The van der Waals surface area contributed by atoms with E-state index in [2.05, 4.69) is 11.0 Å².